The molecule has 1 aliphatic rings. The highest BCUT2D eigenvalue weighted by atomic mass is 35.5. The predicted octanol–water partition coefficient (Wildman–Crippen LogP) is 3.60. The molecule has 2 rings (SSSR count). The Bertz CT molecular complexity index is 572. The smallest absolute Gasteiger partial charge is 0.307 e. The monoisotopic (exact) mass is 313 g/mol. The molecule has 0 radical (unpaired) electrons. The summed E-state index contributed by atoms with van der Waals surface area (Å²) in [5.41, 5.74) is 0.503. The van der Waals surface area contributed by atoms with Crippen molar-refractivity contribution in [3.8, 4) is 0 Å². The van der Waals surface area contributed by atoms with Crippen LogP contribution in [0, 0.1) is 11.8 Å². The van der Waals surface area contributed by atoms with Gasteiger partial charge in [0.05, 0.1) is 21.9 Å². The normalized spacial score (nSPS) is 21.5. The summed E-state index contributed by atoms with van der Waals surface area (Å²) in [7, 11) is 0. The predicted molar refractivity (Wildman–Crippen MR) is 78.1 cm³/mol. The first-order valence-corrected chi connectivity index (χ1v) is 6.88. The van der Waals surface area contributed by atoms with Crippen molar-refractivity contribution >= 4 is 40.8 Å². The number of anilines is 1. The van der Waals surface area contributed by atoms with Crippen molar-refractivity contribution in [2.75, 3.05) is 5.32 Å². The Morgan fingerprint density at radius 3 is 2.35 bits per heavy atom. The number of nitrogens with one attached hydrogen (secondary N) is 1. The van der Waals surface area contributed by atoms with Gasteiger partial charge in [-0.1, -0.05) is 35.4 Å². The molecule has 0 aromatic heterocycles. The first kappa shape index (κ1) is 14.9. The molecule has 0 spiro atoms. The SMILES string of the molecule is O=C(O)[C@@H]1CC=CC[C@H]1C(=O)Nc1ccc(Cl)c(Cl)c1. The van der Waals surface area contributed by atoms with E-state index in [1.807, 2.05) is 6.08 Å². The summed E-state index contributed by atoms with van der Waals surface area (Å²) in [6.07, 6.45) is 4.42. The third-order valence-corrected chi connectivity index (χ3v) is 4.01. The minimum absolute atomic E-state index is 0.319. The summed E-state index contributed by atoms with van der Waals surface area (Å²) in [4.78, 5) is 23.4. The number of allylic oxidation sites excluding steroid dienone is 2. The van der Waals surface area contributed by atoms with Crippen molar-refractivity contribution in [1.29, 1.82) is 0 Å². The number of rotatable bonds is 3. The molecule has 0 bridgehead atoms. The number of amides is 1. The van der Waals surface area contributed by atoms with Crippen LogP contribution < -0.4 is 5.32 Å². The highest BCUT2D eigenvalue weighted by Gasteiger charge is 2.33. The number of halogens is 2. The maximum absolute atomic E-state index is 12.2. The maximum atomic E-state index is 12.2. The van der Waals surface area contributed by atoms with Gasteiger partial charge in [0, 0.05) is 5.69 Å². The van der Waals surface area contributed by atoms with Gasteiger partial charge in [-0.15, -0.1) is 0 Å². The van der Waals surface area contributed by atoms with Gasteiger partial charge in [0.15, 0.2) is 0 Å². The highest BCUT2D eigenvalue weighted by molar-refractivity contribution is 6.42. The van der Waals surface area contributed by atoms with Crippen LogP contribution in [0.2, 0.25) is 10.0 Å². The first-order chi connectivity index (χ1) is 9.49. The van der Waals surface area contributed by atoms with E-state index in [0.717, 1.165) is 0 Å². The number of carboxylic acid groups (broad SMARTS) is 1. The summed E-state index contributed by atoms with van der Waals surface area (Å²) in [6.45, 7) is 0. The molecule has 0 fully saturated rings. The average Bonchev–Trinajstić information content (AvgIpc) is 2.43. The number of carbonyl (C=O) groups excluding carboxylic acids is 1. The van der Waals surface area contributed by atoms with E-state index in [9.17, 15) is 9.59 Å². The van der Waals surface area contributed by atoms with E-state index in [1.54, 1.807) is 18.2 Å². The summed E-state index contributed by atoms with van der Waals surface area (Å²) < 4.78 is 0. The molecule has 1 aromatic carbocycles. The van der Waals surface area contributed by atoms with Crippen LogP contribution in [0.15, 0.2) is 30.4 Å². The minimum atomic E-state index is -0.955. The summed E-state index contributed by atoms with van der Waals surface area (Å²) in [5, 5.41) is 12.6. The van der Waals surface area contributed by atoms with Crippen LogP contribution in [0.4, 0.5) is 5.69 Å². The Morgan fingerprint density at radius 2 is 1.75 bits per heavy atom. The summed E-state index contributed by atoms with van der Waals surface area (Å²) in [6, 6.07) is 4.74. The van der Waals surface area contributed by atoms with Crippen molar-refractivity contribution in [3.63, 3.8) is 0 Å². The Hall–Kier alpha value is -1.52. The van der Waals surface area contributed by atoms with Crippen LogP contribution in [0.3, 0.4) is 0 Å². The van der Waals surface area contributed by atoms with Crippen molar-refractivity contribution in [2.45, 2.75) is 12.8 Å². The highest BCUT2D eigenvalue weighted by Crippen LogP contribution is 2.29. The number of carboxylic acids is 1. The van der Waals surface area contributed by atoms with Crippen LogP contribution in [-0.4, -0.2) is 17.0 Å². The molecule has 20 heavy (non-hydrogen) atoms. The fourth-order valence-corrected chi connectivity index (χ4v) is 2.48. The fraction of sp³-hybridized carbons (Fsp3) is 0.286. The van der Waals surface area contributed by atoms with E-state index in [1.165, 1.54) is 6.07 Å². The number of aliphatic carboxylic acids is 1. The number of hydrogen-bond donors (Lipinski definition) is 2. The lowest BCUT2D eigenvalue weighted by molar-refractivity contribution is -0.146. The molecule has 2 atom stereocenters. The van der Waals surface area contributed by atoms with Crippen LogP contribution in [-0.2, 0) is 9.59 Å². The molecule has 1 aromatic rings. The number of carbonyl (C=O) groups is 2. The van der Waals surface area contributed by atoms with E-state index < -0.39 is 17.8 Å². The van der Waals surface area contributed by atoms with Crippen LogP contribution in [0.5, 0.6) is 0 Å². The Balaban J connectivity index is 2.12. The molecule has 0 saturated heterocycles. The molecule has 6 heteroatoms. The van der Waals surface area contributed by atoms with Gasteiger partial charge < -0.3 is 10.4 Å². The lowest BCUT2D eigenvalue weighted by Crippen LogP contribution is -2.34. The minimum Gasteiger partial charge on any atom is -0.481 e. The molecule has 0 unspecified atom stereocenters. The number of benzene rings is 1. The lowest BCUT2D eigenvalue weighted by Gasteiger charge is -2.24. The van der Waals surface area contributed by atoms with Gasteiger partial charge in [-0.3, -0.25) is 9.59 Å². The summed E-state index contributed by atoms with van der Waals surface area (Å²) >= 11 is 11.7. The second-order valence-corrected chi connectivity index (χ2v) is 5.43. The van der Waals surface area contributed by atoms with Gasteiger partial charge in [0.1, 0.15) is 0 Å². The van der Waals surface area contributed by atoms with Gasteiger partial charge >= 0.3 is 5.97 Å². The van der Waals surface area contributed by atoms with Crippen LogP contribution in [0.25, 0.3) is 0 Å². The van der Waals surface area contributed by atoms with Crippen molar-refractivity contribution in [1.82, 2.24) is 0 Å². The molecule has 106 valence electrons. The summed E-state index contributed by atoms with van der Waals surface area (Å²) in [5.74, 6) is -2.54. The molecule has 1 aliphatic carbocycles. The van der Waals surface area contributed by atoms with Gasteiger partial charge in [-0.05, 0) is 31.0 Å². The first-order valence-electron chi connectivity index (χ1n) is 6.12. The molecule has 0 heterocycles. The fourth-order valence-electron chi connectivity index (χ4n) is 2.19. The Morgan fingerprint density at radius 1 is 1.10 bits per heavy atom. The van der Waals surface area contributed by atoms with Gasteiger partial charge in [-0.2, -0.15) is 0 Å². The second-order valence-electron chi connectivity index (χ2n) is 4.61. The van der Waals surface area contributed by atoms with E-state index in [0.29, 0.717) is 28.6 Å². The van der Waals surface area contributed by atoms with Gasteiger partial charge in [0.25, 0.3) is 0 Å². The quantitative estimate of drug-likeness (QED) is 0.838. The molecule has 2 N–H and O–H groups in total. The van der Waals surface area contributed by atoms with Crippen molar-refractivity contribution in [2.24, 2.45) is 11.8 Å². The van der Waals surface area contributed by atoms with E-state index >= 15 is 0 Å². The van der Waals surface area contributed by atoms with E-state index in [2.05, 4.69) is 5.32 Å². The molecule has 4 nitrogen and oxygen atoms in total. The molecular weight excluding hydrogens is 301 g/mol. The zero-order valence-corrected chi connectivity index (χ0v) is 12.0. The van der Waals surface area contributed by atoms with Gasteiger partial charge in [-0.25, -0.2) is 0 Å². The Kier molecular flexibility index (Phi) is 4.68. The average molecular weight is 314 g/mol. The van der Waals surface area contributed by atoms with Crippen LogP contribution in [0.1, 0.15) is 12.8 Å². The molecule has 0 saturated carbocycles. The topological polar surface area (TPSA) is 66.4 Å². The van der Waals surface area contributed by atoms with E-state index in [-0.39, 0.29) is 5.91 Å². The standard InChI is InChI=1S/C14H13Cl2NO3/c15-11-6-5-8(7-12(11)16)17-13(18)9-3-1-2-4-10(9)14(19)20/h1-2,5-7,9-10H,3-4H2,(H,17,18)(H,19,20)/t9-,10-/m1/s1. The maximum Gasteiger partial charge on any atom is 0.307 e. The number of hydrogen-bond acceptors (Lipinski definition) is 2. The van der Waals surface area contributed by atoms with Crippen LogP contribution >= 0.6 is 23.2 Å². The van der Waals surface area contributed by atoms with Crippen molar-refractivity contribution < 1.29 is 14.7 Å². The second kappa shape index (κ2) is 6.29. The molecule has 1 amide bonds. The zero-order valence-electron chi connectivity index (χ0n) is 10.5. The third kappa shape index (κ3) is 3.32. The van der Waals surface area contributed by atoms with E-state index in [4.69, 9.17) is 28.3 Å². The van der Waals surface area contributed by atoms with Gasteiger partial charge in [0.2, 0.25) is 5.91 Å². The molecular formula is C14H13Cl2NO3. The Labute approximate surface area is 126 Å². The third-order valence-electron chi connectivity index (χ3n) is 3.27. The zero-order chi connectivity index (χ0) is 14.7. The molecule has 0 aliphatic heterocycles. The largest absolute Gasteiger partial charge is 0.481 e. The van der Waals surface area contributed by atoms with Crippen molar-refractivity contribution in [3.05, 3.63) is 40.4 Å². The lowest BCUT2D eigenvalue weighted by atomic mass is 9.82.